The van der Waals surface area contributed by atoms with Crippen LogP contribution in [0.4, 0.5) is 17.0 Å². The van der Waals surface area contributed by atoms with Crippen LogP contribution in [0.15, 0.2) is 4.34 Å². The first-order valence-electron chi connectivity index (χ1n) is 8.40. The number of thioether (sulfide) groups is 1. The van der Waals surface area contributed by atoms with E-state index in [-0.39, 0.29) is 23.1 Å². The van der Waals surface area contributed by atoms with Gasteiger partial charge in [0.2, 0.25) is 22.9 Å². The topological polar surface area (TPSA) is 114 Å². The van der Waals surface area contributed by atoms with Gasteiger partial charge in [0, 0.05) is 26.6 Å². The first kappa shape index (κ1) is 18.8. The zero-order valence-corrected chi connectivity index (χ0v) is 16.8. The largest absolute Gasteiger partial charge is 0.368 e. The van der Waals surface area contributed by atoms with Crippen LogP contribution in [0.3, 0.4) is 0 Å². The van der Waals surface area contributed by atoms with Gasteiger partial charge in [-0.05, 0) is 19.8 Å². The van der Waals surface area contributed by atoms with Crippen molar-refractivity contribution in [2.75, 3.05) is 29.6 Å². The van der Waals surface area contributed by atoms with Crippen LogP contribution < -0.4 is 15.5 Å². The summed E-state index contributed by atoms with van der Waals surface area (Å²) < 4.78 is 0.771. The van der Waals surface area contributed by atoms with E-state index in [1.807, 2.05) is 27.9 Å². The third kappa shape index (κ3) is 4.21. The Morgan fingerprint density at radius 3 is 2.65 bits per heavy atom. The number of rotatable bonds is 7. The maximum atomic E-state index is 12.2. The molecule has 3 rings (SSSR count). The minimum Gasteiger partial charge on any atom is -0.368 e. The van der Waals surface area contributed by atoms with Gasteiger partial charge in [-0.1, -0.05) is 30.0 Å². The molecule has 1 atom stereocenters. The van der Waals surface area contributed by atoms with Crippen LogP contribution in [0.1, 0.15) is 44.2 Å². The van der Waals surface area contributed by atoms with Crippen molar-refractivity contribution in [3.8, 4) is 0 Å². The zero-order valence-electron chi connectivity index (χ0n) is 15.2. The van der Waals surface area contributed by atoms with E-state index in [1.54, 1.807) is 9.80 Å². The summed E-state index contributed by atoms with van der Waals surface area (Å²) in [6.07, 6.45) is 2.52. The summed E-state index contributed by atoms with van der Waals surface area (Å²) >= 11 is 2.92. The van der Waals surface area contributed by atoms with Crippen molar-refractivity contribution in [1.82, 2.24) is 25.1 Å². The van der Waals surface area contributed by atoms with Gasteiger partial charge in [-0.25, -0.2) is 0 Å². The minimum atomic E-state index is -0.0731. The molecule has 26 heavy (non-hydrogen) atoms. The van der Waals surface area contributed by atoms with E-state index in [4.69, 9.17) is 5.73 Å². The predicted molar refractivity (Wildman–Crippen MR) is 104 cm³/mol. The van der Waals surface area contributed by atoms with Crippen molar-refractivity contribution >= 4 is 46.0 Å². The molecule has 1 fully saturated rings. The lowest BCUT2D eigenvalue weighted by Crippen LogP contribution is -2.32. The number of nitrogens with two attached hydrogens (primary N) is 1. The van der Waals surface area contributed by atoms with E-state index >= 15 is 0 Å². The van der Waals surface area contributed by atoms with Crippen LogP contribution in [0.25, 0.3) is 0 Å². The van der Waals surface area contributed by atoms with Crippen LogP contribution in [0, 0.1) is 0 Å². The van der Waals surface area contributed by atoms with Gasteiger partial charge in [-0.15, -0.1) is 10.2 Å². The van der Waals surface area contributed by atoms with E-state index in [9.17, 15) is 4.79 Å². The predicted octanol–water partition coefficient (Wildman–Crippen LogP) is 2.13. The van der Waals surface area contributed by atoms with Gasteiger partial charge in [0.05, 0.1) is 5.25 Å². The van der Waals surface area contributed by atoms with Gasteiger partial charge in [0.15, 0.2) is 4.34 Å². The van der Waals surface area contributed by atoms with Crippen molar-refractivity contribution in [2.24, 2.45) is 0 Å². The van der Waals surface area contributed by atoms with E-state index in [0.717, 1.165) is 17.2 Å². The highest BCUT2D eigenvalue weighted by molar-refractivity contribution is 8.01. The van der Waals surface area contributed by atoms with Crippen LogP contribution in [-0.4, -0.2) is 51.2 Å². The maximum Gasteiger partial charge on any atom is 0.229 e. The fourth-order valence-corrected chi connectivity index (χ4v) is 4.42. The van der Waals surface area contributed by atoms with Gasteiger partial charge in [-0.3, -0.25) is 9.69 Å². The average Bonchev–Trinajstić information content (AvgIpc) is 3.33. The lowest BCUT2D eigenvalue weighted by Gasteiger charge is -2.17. The van der Waals surface area contributed by atoms with Crippen molar-refractivity contribution in [3.63, 3.8) is 0 Å². The SMILES string of the molecule is CCC(=O)N(c1nnc(S[C@H](C)c2nc(N)nc(N(C)C)n2)s1)C1CC1. The Labute approximate surface area is 160 Å². The standard InChI is InChI=1S/C15H22N8OS2/c1-5-10(24)23(9-6-7-9)14-20-21-15(26-14)25-8(2)11-17-12(16)19-13(18-11)22(3)4/h8-9H,5-7H2,1-4H3,(H2,16,17,18,19)/t8-/m1/s1. The second-order valence-electron chi connectivity index (χ2n) is 6.21. The number of nitrogens with zero attached hydrogens (tertiary/aromatic N) is 7. The monoisotopic (exact) mass is 394 g/mol. The van der Waals surface area contributed by atoms with Gasteiger partial charge in [0.25, 0.3) is 0 Å². The number of hydrogen-bond acceptors (Lipinski definition) is 10. The van der Waals surface area contributed by atoms with Gasteiger partial charge in [0.1, 0.15) is 5.82 Å². The number of carbonyl (C=O) groups is 1. The fraction of sp³-hybridized carbons (Fsp3) is 0.600. The summed E-state index contributed by atoms with van der Waals surface area (Å²) in [6.45, 7) is 3.85. The molecular formula is C15H22N8OS2. The van der Waals surface area contributed by atoms with Crippen LogP contribution >= 0.6 is 23.1 Å². The molecule has 1 aliphatic rings. The molecule has 2 heterocycles. The second-order valence-corrected chi connectivity index (χ2v) is 8.75. The van der Waals surface area contributed by atoms with E-state index in [2.05, 4.69) is 25.1 Å². The van der Waals surface area contributed by atoms with Crippen molar-refractivity contribution in [1.29, 1.82) is 0 Å². The molecule has 1 aliphatic carbocycles. The van der Waals surface area contributed by atoms with E-state index in [0.29, 0.717) is 23.3 Å². The summed E-state index contributed by atoms with van der Waals surface area (Å²) in [6, 6.07) is 0.275. The van der Waals surface area contributed by atoms with Crippen molar-refractivity contribution in [2.45, 2.75) is 48.7 Å². The number of carbonyl (C=O) groups excluding carboxylic acids is 1. The Morgan fingerprint density at radius 1 is 1.31 bits per heavy atom. The number of amides is 1. The highest BCUT2D eigenvalue weighted by Crippen LogP contribution is 2.40. The first-order valence-corrected chi connectivity index (χ1v) is 10.1. The molecule has 0 radical (unpaired) electrons. The molecule has 0 bridgehead atoms. The summed E-state index contributed by atoms with van der Waals surface area (Å²) in [4.78, 5) is 28.6. The molecule has 1 amide bonds. The highest BCUT2D eigenvalue weighted by atomic mass is 32.2. The summed E-state index contributed by atoms with van der Waals surface area (Å²) in [5, 5.41) is 9.05. The molecular weight excluding hydrogens is 372 g/mol. The van der Waals surface area contributed by atoms with Crippen LogP contribution in [-0.2, 0) is 4.79 Å². The second kappa shape index (κ2) is 7.70. The summed E-state index contributed by atoms with van der Waals surface area (Å²) in [5.41, 5.74) is 5.79. The molecule has 0 aliphatic heterocycles. The van der Waals surface area contributed by atoms with Gasteiger partial charge >= 0.3 is 0 Å². The molecule has 0 aromatic carbocycles. The molecule has 0 unspecified atom stereocenters. The Balaban J connectivity index is 1.75. The molecule has 2 aromatic heterocycles. The Morgan fingerprint density at radius 2 is 2.04 bits per heavy atom. The number of anilines is 3. The molecule has 0 spiro atoms. The van der Waals surface area contributed by atoms with Crippen molar-refractivity contribution < 1.29 is 4.79 Å². The summed E-state index contributed by atoms with van der Waals surface area (Å²) in [7, 11) is 3.70. The Hall–Kier alpha value is -2.01. The normalized spacial score (nSPS) is 14.9. The molecule has 9 nitrogen and oxygen atoms in total. The summed E-state index contributed by atoms with van der Waals surface area (Å²) in [5.74, 6) is 1.39. The number of nitrogen functional groups attached to an aromatic ring is 1. The zero-order chi connectivity index (χ0) is 18.8. The maximum absolute atomic E-state index is 12.2. The molecule has 140 valence electrons. The minimum absolute atomic E-state index is 0.0731. The van der Waals surface area contributed by atoms with Gasteiger partial charge < -0.3 is 10.6 Å². The molecule has 2 N–H and O–H groups in total. The fourth-order valence-electron chi connectivity index (χ4n) is 2.30. The Kier molecular flexibility index (Phi) is 5.56. The first-order chi connectivity index (χ1) is 12.4. The third-order valence-corrected chi connectivity index (χ3v) is 5.89. The lowest BCUT2D eigenvalue weighted by atomic mass is 10.4. The van der Waals surface area contributed by atoms with Crippen LogP contribution in [0.5, 0.6) is 0 Å². The highest BCUT2D eigenvalue weighted by Gasteiger charge is 2.35. The lowest BCUT2D eigenvalue weighted by molar-refractivity contribution is -0.118. The quantitative estimate of drug-likeness (QED) is 0.557. The third-order valence-electron chi connectivity index (χ3n) is 3.78. The van der Waals surface area contributed by atoms with Crippen molar-refractivity contribution in [3.05, 3.63) is 5.82 Å². The molecule has 0 saturated heterocycles. The van der Waals surface area contributed by atoms with Gasteiger partial charge in [-0.2, -0.15) is 15.0 Å². The Bertz CT molecular complexity index is 792. The molecule has 2 aromatic rings. The average molecular weight is 395 g/mol. The van der Waals surface area contributed by atoms with E-state index < -0.39 is 0 Å². The van der Waals surface area contributed by atoms with Crippen LogP contribution in [0.2, 0.25) is 0 Å². The van der Waals surface area contributed by atoms with E-state index in [1.165, 1.54) is 23.1 Å². The molecule has 11 heteroatoms. The number of aromatic nitrogens is 5. The number of hydrogen-bond donors (Lipinski definition) is 1. The molecule has 1 saturated carbocycles. The smallest absolute Gasteiger partial charge is 0.229 e.